The zero-order valence-corrected chi connectivity index (χ0v) is 12.2. The second kappa shape index (κ2) is 5.58. The summed E-state index contributed by atoms with van der Waals surface area (Å²) in [4.78, 5) is 0. The summed E-state index contributed by atoms with van der Waals surface area (Å²) in [5.74, 6) is 0. The van der Waals surface area contributed by atoms with E-state index in [0.29, 0.717) is 21.1 Å². The Bertz CT molecular complexity index is 426. The molecule has 2 nitrogen and oxygen atoms in total. The van der Waals surface area contributed by atoms with Gasteiger partial charge in [0.2, 0.25) is 0 Å². The number of hydrogen-bond acceptors (Lipinski definition) is 2. The Morgan fingerprint density at radius 1 is 1.17 bits per heavy atom. The van der Waals surface area contributed by atoms with Gasteiger partial charge in [0.1, 0.15) is 0 Å². The van der Waals surface area contributed by atoms with Crippen LogP contribution < -0.4 is 11.1 Å². The molecule has 1 fully saturated rings. The van der Waals surface area contributed by atoms with Crippen LogP contribution in [-0.4, -0.2) is 6.54 Å². The summed E-state index contributed by atoms with van der Waals surface area (Å²) in [6.45, 7) is 3.28. The van der Waals surface area contributed by atoms with Gasteiger partial charge in [-0.1, -0.05) is 49.4 Å². The van der Waals surface area contributed by atoms with Crippen molar-refractivity contribution in [3.63, 3.8) is 0 Å². The lowest BCUT2D eigenvalue weighted by Gasteiger charge is -2.34. The highest BCUT2D eigenvalue weighted by atomic mass is 35.5. The number of anilines is 2. The molecule has 0 bridgehead atoms. The molecular weight excluding hydrogens is 267 g/mol. The fourth-order valence-electron chi connectivity index (χ4n) is 2.61. The molecule has 0 unspecified atom stereocenters. The number of hydrogen-bond donors (Lipinski definition) is 2. The monoisotopic (exact) mass is 286 g/mol. The van der Waals surface area contributed by atoms with Crippen LogP contribution in [0.5, 0.6) is 0 Å². The van der Waals surface area contributed by atoms with Gasteiger partial charge in [0.05, 0.1) is 21.4 Å². The van der Waals surface area contributed by atoms with Crippen molar-refractivity contribution in [2.45, 2.75) is 39.0 Å². The van der Waals surface area contributed by atoms with E-state index in [1.165, 1.54) is 32.1 Å². The van der Waals surface area contributed by atoms with Gasteiger partial charge >= 0.3 is 0 Å². The van der Waals surface area contributed by atoms with Gasteiger partial charge in [-0.2, -0.15) is 0 Å². The number of nitrogens with two attached hydrogens (primary N) is 1. The van der Waals surface area contributed by atoms with Gasteiger partial charge in [-0.3, -0.25) is 0 Å². The lowest BCUT2D eigenvalue weighted by molar-refractivity contribution is 0.233. The fourth-order valence-corrected chi connectivity index (χ4v) is 2.94. The standard InChI is InChI=1S/C14H20Cl2N2/c1-14(5-3-2-4-6-14)9-18-13-8-11(16)10(15)7-12(13)17/h7-8,18H,2-6,9,17H2,1H3. The number of benzene rings is 1. The van der Waals surface area contributed by atoms with Gasteiger partial charge in [0.15, 0.2) is 0 Å². The Hall–Kier alpha value is -0.600. The van der Waals surface area contributed by atoms with Crippen molar-refractivity contribution in [3.05, 3.63) is 22.2 Å². The summed E-state index contributed by atoms with van der Waals surface area (Å²) in [6, 6.07) is 3.51. The topological polar surface area (TPSA) is 38.0 Å². The van der Waals surface area contributed by atoms with Gasteiger partial charge < -0.3 is 11.1 Å². The Morgan fingerprint density at radius 2 is 1.78 bits per heavy atom. The summed E-state index contributed by atoms with van der Waals surface area (Å²) >= 11 is 11.9. The highest BCUT2D eigenvalue weighted by Crippen LogP contribution is 2.37. The van der Waals surface area contributed by atoms with Crippen LogP contribution in [0.1, 0.15) is 39.0 Å². The Kier molecular flexibility index (Phi) is 4.29. The molecule has 0 heterocycles. The lowest BCUT2D eigenvalue weighted by Crippen LogP contribution is -2.29. The molecule has 18 heavy (non-hydrogen) atoms. The molecule has 1 aliphatic carbocycles. The van der Waals surface area contributed by atoms with Crippen LogP contribution in [0.4, 0.5) is 11.4 Å². The maximum Gasteiger partial charge on any atom is 0.0614 e. The zero-order valence-electron chi connectivity index (χ0n) is 10.7. The molecule has 2 rings (SSSR count). The molecular formula is C14H20Cl2N2. The first-order valence-electron chi connectivity index (χ1n) is 6.49. The molecule has 0 aliphatic heterocycles. The second-order valence-electron chi connectivity index (χ2n) is 5.58. The van der Waals surface area contributed by atoms with Crippen molar-refractivity contribution >= 4 is 34.6 Å². The Balaban J connectivity index is 2.03. The van der Waals surface area contributed by atoms with Gasteiger partial charge in [-0.25, -0.2) is 0 Å². The van der Waals surface area contributed by atoms with Gasteiger partial charge in [-0.05, 0) is 30.4 Å². The molecule has 0 saturated heterocycles. The van der Waals surface area contributed by atoms with Gasteiger partial charge in [0.25, 0.3) is 0 Å². The van der Waals surface area contributed by atoms with Crippen molar-refractivity contribution < 1.29 is 0 Å². The van der Waals surface area contributed by atoms with Crippen LogP contribution in [-0.2, 0) is 0 Å². The van der Waals surface area contributed by atoms with Crippen molar-refractivity contribution in [3.8, 4) is 0 Å². The minimum Gasteiger partial charge on any atom is -0.397 e. The third-order valence-electron chi connectivity index (χ3n) is 3.86. The number of nitrogen functional groups attached to an aromatic ring is 1. The summed E-state index contributed by atoms with van der Waals surface area (Å²) in [7, 11) is 0. The minimum atomic E-state index is 0.372. The number of rotatable bonds is 3. The SMILES string of the molecule is CC1(CNc2cc(Cl)c(Cl)cc2N)CCCCC1. The van der Waals surface area contributed by atoms with E-state index in [0.717, 1.165) is 12.2 Å². The van der Waals surface area contributed by atoms with E-state index in [1.807, 2.05) is 6.07 Å². The van der Waals surface area contributed by atoms with Crippen LogP contribution in [0.15, 0.2) is 12.1 Å². The maximum absolute atomic E-state index is 6.01. The predicted octanol–water partition coefficient (Wildman–Crippen LogP) is 4.96. The largest absolute Gasteiger partial charge is 0.397 e. The highest BCUT2D eigenvalue weighted by Gasteiger charge is 2.26. The molecule has 1 aliphatic rings. The number of nitrogens with one attached hydrogen (secondary N) is 1. The fraction of sp³-hybridized carbons (Fsp3) is 0.571. The minimum absolute atomic E-state index is 0.372. The summed E-state index contributed by atoms with van der Waals surface area (Å²) in [5, 5.41) is 4.47. The third kappa shape index (κ3) is 3.24. The molecule has 0 radical (unpaired) electrons. The molecule has 1 aromatic carbocycles. The van der Waals surface area contributed by atoms with Crippen molar-refractivity contribution in [2.75, 3.05) is 17.6 Å². The first kappa shape index (κ1) is 13.8. The summed E-state index contributed by atoms with van der Waals surface area (Å²) < 4.78 is 0. The first-order valence-corrected chi connectivity index (χ1v) is 7.24. The van der Waals surface area contributed by atoms with Gasteiger partial charge in [0, 0.05) is 6.54 Å². The summed E-state index contributed by atoms with van der Waals surface area (Å²) in [6.07, 6.45) is 6.58. The molecule has 0 atom stereocenters. The molecule has 100 valence electrons. The zero-order chi connectivity index (χ0) is 13.2. The molecule has 1 aromatic rings. The predicted molar refractivity (Wildman–Crippen MR) is 80.6 cm³/mol. The van der Waals surface area contributed by atoms with E-state index in [2.05, 4.69) is 12.2 Å². The van der Waals surface area contributed by atoms with E-state index in [1.54, 1.807) is 6.07 Å². The molecule has 0 spiro atoms. The maximum atomic E-state index is 6.01. The second-order valence-corrected chi connectivity index (χ2v) is 6.39. The van der Waals surface area contributed by atoms with Crippen molar-refractivity contribution in [1.29, 1.82) is 0 Å². The molecule has 1 saturated carbocycles. The van der Waals surface area contributed by atoms with Crippen LogP contribution in [0.3, 0.4) is 0 Å². The van der Waals surface area contributed by atoms with E-state index in [4.69, 9.17) is 28.9 Å². The van der Waals surface area contributed by atoms with Crippen LogP contribution in [0.2, 0.25) is 10.0 Å². The first-order chi connectivity index (χ1) is 8.50. The Labute approximate surface area is 119 Å². The Morgan fingerprint density at radius 3 is 2.44 bits per heavy atom. The van der Waals surface area contributed by atoms with Crippen molar-refractivity contribution in [1.82, 2.24) is 0 Å². The van der Waals surface area contributed by atoms with Crippen molar-refractivity contribution in [2.24, 2.45) is 5.41 Å². The third-order valence-corrected chi connectivity index (χ3v) is 4.58. The quantitative estimate of drug-likeness (QED) is 0.771. The molecule has 3 N–H and O–H groups in total. The highest BCUT2D eigenvalue weighted by molar-refractivity contribution is 6.42. The van der Waals surface area contributed by atoms with E-state index >= 15 is 0 Å². The smallest absolute Gasteiger partial charge is 0.0614 e. The van der Waals surface area contributed by atoms with Crippen LogP contribution in [0, 0.1) is 5.41 Å². The van der Waals surface area contributed by atoms with Crippen LogP contribution in [0.25, 0.3) is 0 Å². The lowest BCUT2D eigenvalue weighted by atomic mass is 9.76. The average molecular weight is 287 g/mol. The normalized spacial score (nSPS) is 18.6. The van der Waals surface area contributed by atoms with Gasteiger partial charge in [-0.15, -0.1) is 0 Å². The summed E-state index contributed by atoms with van der Waals surface area (Å²) in [5.41, 5.74) is 7.86. The van der Waals surface area contributed by atoms with Crippen LogP contribution >= 0.6 is 23.2 Å². The van der Waals surface area contributed by atoms with E-state index in [-0.39, 0.29) is 0 Å². The average Bonchev–Trinajstić information content (AvgIpc) is 2.33. The number of halogens is 2. The van der Waals surface area contributed by atoms with E-state index < -0.39 is 0 Å². The van der Waals surface area contributed by atoms with E-state index in [9.17, 15) is 0 Å². The molecule has 0 amide bonds. The molecule has 0 aromatic heterocycles. The molecule has 4 heteroatoms.